The van der Waals surface area contributed by atoms with E-state index in [-0.39, 0.29) is 17.6 Å². The normalized spacial score (nSPS) is 15.9. The van der Waals surface area contributed by atoms with Gasteiger partial charge >= 0.3 is 0 Å². The Labute approximate surface area is 170 Å². The van der Waals surface area contributed by atoms with Crippen LogP contribution in [0.2, 0.25) is 0 Å². The summed E-state index contributed by atoms with van der Waals surface area (Å²) in [5.41, 5.74) is 2.04. The molecule has 0 aromatic heterocycles. The number of anilines is 1. The van der Waals surface area contributed by atoms with E-state index in [1.807, 2.05) is 24.0 Å². The second kappa shape index (κ2) is 9.91. The third kappa shape index (κ3) is 5.47. The zero-order valence-corrected chi connectivity index (χ0v) is 16.7. The molecular formula is C22H27N3O4. The Morgan fingerprint density at radius 2 is 1.93 bits per heavy atom. The lowest BCUT2D eigenvalue weighted by molar-refractivity contribution is -0.384. The summed E-state index contributed by atoms with van der Waals surface area (Å²) in [5, 5.41) is 13.9. The van der Waals surface area contributed by atoms with Crippen molar-refractivity contribution in [3.05, 3.63) is 64.2 Å². The van der Waals surface area contributed by atoms with Gasteiger partial charge in [0, 0.05) is 37.3 Å². The number of non-ortho nitro benzene ring substituents is 1. The van der Waals surface area contributed by atoms with Crippen molar-refractivity contribution in [2.24, 2.45) is 0 Å². The van der Waals surface area contributed by atoms with Gasteiger partial charge in [-0.2, -0.15) is 0 Å². The van der Waals surface area contributed by atoms with Crippen LogP contribution in [0.25, 0.3) is 0 Å². The number of nitro benzene ring substituents is 1. The first-order valence-electron chi connectivity index (χ1n) is 10.1. The molecule has 0 saturated carbocycles. The molecule has 0 aliphatic carbocycles. The molecule has 1 amide bonds. The minimum absolute atomic E-state index is 0.0695. The monoisotopic (exact) mass is 397 g/mol. The largest absolute Gasteiger partial charge is 0.494 e. The summed E-state index contributed by atoms with van der Waals surface area (Å²) in [4.78, 5) is 25.0. The molecule has 1 unspecified atom stereocenters. The number of nitrogens with zero attached hydrogens (tertiary/aromatic N) is 2. The van der Waals surface area contributed by atoms with Crippen molar-refractivity contribution in [1.82, 2.24) is 4.90 Å². The van der Waals surface area contributed by atoms with Crippen LogP contribution in [0.15, 0.2) is 48.5 Å². The first kappa shape index (κ1) is 20.6. The lowest BCUT2D eigenvalue weighted by Gasteiger charge is -2.25. The van der Waals surface area contributed by atoms with E-state index in [4.69, 9.17) is 4.74 Å². The summed E-state index contributed by atoms with van der Waals surface area (Å²) in [7, 11) is 0. The molecule has 2 aromatic carbocycles. The first-order chi connectivity index (χ1) is 14.1. The van der Waals surface area contributed by atoms with Crippen molar-refractivity contribution in [3.8, 4) is 5.75 Å². The molecule has 7 nitrogen and oxygen atoms in total. The number of carbonyl (C=O) groups is 1. The van der Waals surface area contributed by atoms with Gasteiger partial charge in [0.2, 0.25) is 5.91 Å². The van der Waals surface area contributed by atoms with E-state index in [0.29, 0.717) is 26.0 Å². The molecule has 1 saturated heterocycles. The number of carbonyl (C=O) groups excluding carboxylic acids is 1. The second-order valence-electron chi connectivity index (χ2n) is 7.08. The lowest BCUT2D eigenvalue weighted by Crippen LogP contribution is -2.30. The highest BCUT2D eigenvalue weighted by Gasteiger charge is 2.29. The summed E-state index contributed by atoms with van der Waals surface area (Å²) in [6.07, 6.45) is 3.20. The van der Waals surface area contributed by atoms with E-state index in [9.17, 15) is 14.9 Å². The van der Waals surface area contributed by atoms with Crippen LogP contribution in [0.4, 0.5) is 11.4 Å². The third-order valence-electron chi connectivity index (χ3n) is 5.12. The molecule has 1 aliphatic heterocycles. The van der Waals surface area contributed by atoms with Crippen molar-refractivity contribution in [3.63, 3.8) is 0 Å². The van der Waals surface area contributed by atoms with Gasteiger partial charge in [-0.1, -0.05) is 12.1 Å². The predicted molar refractivity (Wildman–Crippen MR) is 112 cm³/mol. The number of ether oxygens (including phenoxy) is 1. The zero-order chi connectivity index (χ0) is 20.6. The number of amides is 1. The fraction of sp³-hybridized carbons (Fsp3) is 0.409. The highest BCUT2D eigenvalue weighted by atomic mass is 16.6. The second-order valence-corrected chi connectivity index (χ2v) is 7.08. The quantitative estimate of drug-likeness (QED) is 0.381. The SMILES string of the molecule is CCOc1ccc(C2CCCN2C(=O)CCCNc2ccc([N+](=O)[O-])cc2)cc1. The van der Waals surface area contributed by atoms with Crippen molar-refractivity contribution in [2.75, 3.05) is 25.0 Å². The van der Waals surface area contributed by atoms with E-state index in [1.165, 1.54) is 12.1 Å². The van der Waals surface area contributed by atoms with E-state index >= 15 is 0 Å². The maximum atomic E-state index is 12.7. The average molecular weight is 397 g/mol. The van der Waals surface area contributed by atoms with Crippen LogP contribution in [0.3, 0.4) is 0 Å². The molecule has 0 bridgehead atoms. The molecule has 2 aromatic rings. The molecule has 154 valence electrons. The maximum absolute atomic E-state index is 12.7. The highest BCUT2D eigenvalue weighted by Crippen LogP contribution is 2.33. The van der Waals surface area contributed by atoms with E-state index in [0.717, 1.165) is 36.4 Å². The van der Waals surface area contributed by atoms with Gasteiger partial charge in [-0.05, 0) is 56.0 Å². The highest BCUT2D eigenvalue weighted by molar-refractivity contribution is 5.77. The van der Waals surface area contributed by atoms with Crippen molar-refractivity contribution in [1.29, 1.82) is 0 Å². The molecule has 0 spiro atoms. The Morgan fingerprint density at radius 1 is 1.21 bits per heavy atom. The van der Waals surface area contributed by atoms with Crippen LogP contribution in [-0.4, -0.2) is 35.4 Å². The smallest absolute Gasteiger partial charge is 0.269 e. The minimum Gasteiger partial charge on any atom is -0.494 e. The lowest BCUT2D eigenvalue weighted by atomic mass is 10.0. The fourth-order valence-corrected chi connectivity index (χ4v) is 3.68. The molecule has 1 N–H and O–H groups in total. The van der Waals surface area contributed by atoms with Gasteiger partial charge in [-0.3, -0.25) is 14.9 Å². The molecule has 1 heterocycles. The van der Waals surface area contributed by atoms with Crippen LogP contribution in [-0.2, 0) is 4.79 Å². The van der Waals surface area contributed by atoms with Gasteiger partial charge in [0.25, 0.3) is 5.69 Å². The Morgan fingerprint density at radius 3 is 2.59 bits per heavy atom. The molecule has 1 fully saturated rings. The van der Waals surface area contributed by atoms with Crippen LogP contribution >= 0.6 is 0 Å². The van der Waals surface area contributed by atoms with E-state index in [1.54, 1.807) is 12.1 Å². The summed E-state index contributed by atoms with van der Waals surface area (Å²) in [5.74, 6) is 1.02. The molecular weight excluding hydrogens is 370 g/mol. The van der Waals surface area contributed by atoms with Gasteiger partial charge in [-0.25, -0.2) is 0 Å². The standard InChI is InChI=1S/C22H27N3O4/c1-2-29-20-13-7-17(8-14-20)21-5-4-16-24(21)22(26)6-3-15-23-18-9-11-19(12-10-18)25(27)28/h7-14,21,23H,2-6,15-16H2,1H3. The van der Waals surface area contributed by atoms with Crippen LogP contribution in [0.1, 0.15) is 44.2 Å². The number of nitrogens with one attached hydrogen (secondary N) is 1. The molecule has 7 heteroatoms. The first-order valence-corrected chi connectivity index (χ1v) is 10.1. The van der Waals surface area contributed by atoms with Crippen LogP contribution < -0.4 is 10.1 Å². The fourth-order valence-electron chi connectivity index (χ4n) is 3.68. The topological polar surface area (TPSA) is 84.7 Å². The number of benzene rings is 2. The molecule has 3 rings (SSSR count). The number of hydrogen-bond donors (Lipinski definition) is 1. The molecule has 29 heavy (non-hydrogen) atoms. The van der Waals surface area contributed by atoms with Crippen LogP contribution in [0.5, 0.6) is 5.75 Å². The van der Waals surface area contributed by atoms with Gasteiger partial charge < -0.3 is 15.0 Å². The van der Waals surface area contributed by atoms with E-state index < -0.39 is 4.92 Å². The Balaban J connectivity index is 1.47. The van der Waals surface area contributed by atoms with Crippen molar-refractivity contribution >= 4 is 17.3 Å². The number of rotatable bonds is 9. The summed E-state index contributed by atoms with van der Waals surface area (Å²) in [6.45, 7) is 4.04. The Kier molecular flexibility index (Phi) is 7.05. The molecule has 0 radical (unpaired) electrons. The van der Waals surface area contributed by atoms with E-state index in [2.05, 4.69) is 17.4 Å². The minimum atomic E-state index is -0.417. The average Bonchev–Trinajstić information content (AvgIpc) is 3.22. The van der Waals surface area contributed by atoms with Gasteiger partial charge in [0.1, 0.15) is 5.75 Å². The van der Waals surface area contributed by atoms with Crippen LogP contribution in [0, 0.1) is 10.1 Å². The third-order valence-corrected chi connectivity index (χ3v) is 5.12. The van der Waals surface area contributed by atoms with Crippen molar-refractivity contribution in [2.45, 2.75) is 38.6 Å². The summed E-state index contributed by atoms with van der Waals surface area (Å²) in [6, 6.07) is 14.5. The Bertz CT molecular complexity index is 821. The van der Waals surface area contributed by atoms with Gasteiger partial charge in [-0.15, -0.1) is 0 Å². The summed E-state index contributed by atoms with van der Waals surface area (Å²) < 4.78 is 5.50. The predicted octanol–water partition coefficient (Wildman–Crippen LogP) is 4.55. The maximum Gasteiger partial charge on any atom is 0.269 e. The number of hydrogen-bond acceptors (Lipinski definition) is 5. The zero-order valence-electron chi connectivity index (χ0n) is 16.7. The molecule has 1 aliphatic rings. The Hall–Kier alpha value is -3.09. The molecule has 1 atom stereocenters. The van der Waals surface area contributed by atoms with Crippen molar-refractivity contribution < 1.29 is 14.5 Å². The van der Waals surface area contributed by atoms with Gasteiger partial charge in [0.15, 0.2) is 0 Å². The van der Waals surface area contributed by atoms with Gasteiger partial charge in [0.05, 0.1) is 17.6 Å². The number of likely N-dealkylation sites (tertiary alicyclic amines) is 1. The number of nitro groups is 1. The summed E-state index contributed by atoms with van der Waals surface area (Å²) >= 11 is 0.